The van der Waals surface area contributed by atoms with E-state index in [4.69, 9.17) is 24.5 Å². The van der Waals surface area contributed by atoms with Crippen LogP contribution in [0.1, 0.15) is 32.3 Å². The SMILES string of the molecule is CCCCNCCOc1cccc(CC)c1.O=C(O)C(=O)O. The zero-order chi connectivity index (χ0) is 16.8. The van der Waals surface area contributed by atoms with Crippen molar-refractivity contribution in [2.75, 3.05) is 19.7 Å². The van der Waals surface area contributed by atoms with Gasteiger partial charge in [-0.2, -0.15) is 0 Å². The molecule has 1 aromatic rings. The minimum atomic E-state index is -1.82. The summed E-state index contributed by atoms with van der Waals surface area (Å²) in [5.41, 5.74) is 1.33. The third-order valence-corrected chi connectivity index (χ3v) is 2.74. The Kier molecular flexibility index (Phi) is 11.4. The summed E-state index contributed by atoms with van der Waals surface area (Å²) in [6.07, 6.45) is 3.55. The summed E-state index contributed by atoms with van der Waals surface area (Å²) < 4.78 is 5.67. The van der Waals surface area contributed by atoms with Crippen LogP contribution in [-0.2, 0) is 16.0 Å². The lowest BCUT2D eigenvalue weighted by atomic mass is 10.2. The van der Waals surface area contributed by atoms with Gasteiger partial charge in [0.15, 0.2) is 0 Å². The predicted molar refractivity (Wildman–Crippen MR) is 84.4 cm³/mol. The van der Waals surface area contributed by atoms with Crippen LogP contribution in [0.25, 0.3) is 0 Å². The first-order valence-electron chi connectivity index (χ1n) is 7.39. The number of carboxylic acid groups (broad SMARTS) is 2. The first-order chi connectivity index (χ1) is 10.5. The van der Waals surface area contributed by atoms with E-state index in [9.17, 15) is 0 Å². The molecule has 6 heteroatoms. The molecule has 0 fully saturated rings. The fourth-order valence-corrected chi connectivity index (χ4v) is 1.52. The van der Waals surface area contributed by atoms with E-state index in [1.165, 1.54) is 18.4 Å². The normalized spacial score (nSPS) is 9.55. The molecule has 0 atom stereocenters. The summed E-state index contributed by atoms with van der Waals surface area (Å²) in [5.74, 6) is -2.67. The van der Waals surface area contributed by atoms with Crippen LogP contribution in [0, 0.1) is 0 Å². The monoisotopic (exact) mass is 311 g/mol. The number of hydrogen-bond acceptors (Lipinski definition) is 4. The smallest absolute Gasteiger partial charge is 0.414 e. The molecule has 6 nitrogen and oxygen atoms in total. The van der Waals surface area contributed by atoms with E-state index >= 15 is 0 Å². The van der Waals surface area contributed by atoms with Crippen LogP contribution in [0.2, 0.25) is 0 Å². The Morgan fingerprint density at radius 2 is 1.82 bits per heavy atom. The summed E-state index contributed by atoms with van der Waals surface area (Å²) in [7, 11) is 0. The van der Waals surface area contributed by atoms with Crippen molar-refractivity contribution >= 4 is 11.9 Å². The summed E-state index contributed by atoms with van der Waals surface area (Å²) in [5, 5.41) is 18.1. The molecule has 0 radical (unpaired) electrons. The quantitative estimate of drug-likeness (QED) is 0.503. The van der Waals surface area contributed by atoms with Crippen molar-refractivity contribution in [3.8, 4) is 5.75 Å². The fourth-order valence-electron chi connectivity index (χ4n) is 1.52. The Morgan fingerprint density at radius 1 is 1.14 bits per heavy atom. The number of carboxylic acids is 2. The van der Waals surface area contributed by atoms with Crippen molar-refractivity contribution in [3.63, 3.8) is 0 Å². The van der Waals surface area contributed by atoms with Gasteiger partial charge in [-0.3, -0.25) is 0 Å². The summed E-state index contributed by atoms with van der Waals surface area (Å²) in [6, 6.07) is 8.32. The topological polar surface area (TPSA) is 95.9 Å². The van der Waals surface area contributed by atoms with Gasteiger partial charge in [0.1, 0.15) is 12.4 Å². The number of aliphatic carboxylic acids is 2. The van der Waals surface area contributed by atoms with Crippen molar-refractivity contribution in [1.82, 2.24) is 5.32 Å². The van der Waals surface area contributed by atoms with Gasteiger partial charge in [0, 0.05) is 6.54 Å². The molecule has 0 saturated heterocycles. The van der Waals surface area contributed by atoms with Crippen LogP contribution in [0.4, 0.5) is 0 Å². The van der Waals surface area contributed by atoms with Crippen LogP contribution in [-0.4, -0.2) is 41.8 Å². The lowest BCUT2D eigenvalue weighted by Gasteiger charge is -2.08. The van der Waals surface area contributed by atoms with E-state index in [1.54, 1.807) is 0 Å². The highest BCUT2D eigenvalue weighted by Gasteiger charge is 2.04. The Hall–Kier alpha value is -2.08. The van der Waals surface area contributed by atoms with Gasteiger partial charge < -0.3 is 20.3 Å². The van der Waals surface area contributed by atoms with E-state index in [0.29, 0.717) is 0 Å². The predicted octanol–water partition coefficient (Wildman–Crippen LogP) is 2.17. The maximum absolute atomic E-state index is 9.10. The second-order valence-electron chi connectivity index (χ2n) is 4.56. The zero-order valence-electron chi connectivity index (χ0n) is 13.2. The number of carbonyl (C=O) groups is 2. The Balaban J connectivity index is 0.000000626. The maximum Gasteiger partial charge on any atom is 0.414 e. The Morgan fingerprint density at radius 3 is 2.36 bits per heavy atom. The van der Waals surface area contributed by atoms with Gasteiger partial charge in [0.2, 0.25) is 0 Å². The molecule has 0 aliphatic heterocycles. The molecule has 0 bridgehead atoms. The standard InChI is InChI=1S/C14H23NO.C2H2O4/c1-3-5-9-15-10-11-16-14-8-6-7-13(4-2)12-14;3-1(4)2(5)6/h6-8,12,15H,3-5,9-11H2,1-2H3;(H,3,4)(H,5,6). The number of aryl methyl sites for hydroxylation is 1. The fraction of sp³-hybridized carbons (Fsp3) is 0.500. The molecule has 3 N–H and O–H groups in total. The molecule has 1 rings (SSSR count). The van der Waals surface area contributed by atoms with Crippen molar-refractivity contribution in [1.29, 1.82) is 0 Å². The first kappa shape index (κ1) is 19.9. The number of benzene rings is 1. The molecule has 0 saturated carbocycles. The third-order valence-electron chi connectivity index (χ3n) is 2.74. The highest BCUT2D eigenvalue weighted by molar-refractivity contribution is 6.27. The third kappa shape index (κ3) is 10.7. The van der Waals surface area contributed by atoms with Gasteiger partial charge in [-0.15, -0.1) is 0 Å². The Bertz CT molecular complexity index is 436. The molecular weight excluding hydrogens is 286 g/mol. The molecule has 0 spiro atoms. The van der Waals surface area contributed by atoms with Crippen LogP contribution < -0.4 is 10.1 Å². The molecule has 0 unspecified atom stereocenters. The van der Waals surface area contributed by atoms with Crippen molar-refractivity contribution in [3.05, 3.63) is 29.8 Å². The van der Waals surface area contributed by atoms with Crippen LogP contribution in [0.5, 0.6) is 5.75 Å². The van der Waals surface area contributed by atoms with E-state index < -0.39 is 11.9 Å². The average Bonchev–Trinajstić information content (AvgIpc) is 2.51. The molecule has 22 heavy (non-hydrogen) atoms. The van der Waals surface area contributed by atoms with Gasteiger partial charge in [0.05, 0.1) is 0 Å². The molecular formula is C16H25NO5. The van der Waals surface area contributed by atoms with E-state index in [2.05, 4.69) is 37.4 Å². The second-order valence-corrected chi connectivity index (χ2v) is 4.56. The lowest BCUT2D eigenvalue weighted by Crippen LogP contribution is -2.21. The lowest BCUT2D eigenvalue weighted by molar-refractivity contribution is -0.159. The van der Waals surface area contributed by atoms with E-state index in [1.807, 2.05) is 6.07 Å². The van der Waals surface area contributed by atoms with Gasteiger partial charge in [-0.1, -0.05) is 32.4 Å². The maximum atomic E-state index is 9.10. The largest absolute Gasteiger partial charge is 0.492 e. The summed E-state index contributed by atoms with van der Waals surface area (Å²) in [4.78, 5) is 18.2. The number of ether oxygens (including phenoxy) is 1. The minimum absolute atomic E-state index is 0.747. The number of nitrogens with one attached hydrogen (secondary N) is 1. The van der Waals surface area contributed by atoms with Crippen molar-refractivity contribution in [2.24, 2.45) is 0 Å². The van der Waals surface area contributed by atoms with E-state index in [-0.39, 0.29) is 0 Å². The summed E-state index contributed by atoms with van der Waals surface area (Å²) >= 11 is 0. The molecule has 0 aromatic heterocycles. The first-order valence-corrected chi connectivity index (χ1v) is 7.39. The number of rotatable bonds is 8. The van der Waals surface area contributed by atoms with Crippen molar-refractivity contribution in [2.45, 2.75) is 33.1 Å². The van der Waals surface area contributed by atoms with Gasteiger partial charge >= 0.3 is 11.9 Å². The van der Waals surface area contributed by atoms with Crippen LogP contribution in [0.3, 0.4) is 0 Å². The Labute approximate surface area is 131 Å². The van der Waals surface area contributed by atoms with Gasteiger partial charge in [0.25, 0.3) is 0 Å². The minimum Gasteiger partial charge on any atom is -0.492 e. The molecule has 1 aromatic carbocycles. The van der Waals surface area contributed by atoms with E-state index in [0.717, 1.165) is 31.9 Å². The summed E-state index contributed by atoms with van der Waals surface area (Å²) in [6.45, 7) is 7.13. The average molecular weight is 311 g/mol. The molecule has 0 aliphatic carbocycles. The second kappa shape index (κ2) is 12.6. The number of unbranched alkanes of at least 4 members (excludes halogenated alkanes) is 1. The highest BCUT2D eigenvalue weighted by Crippen LogP contribution is 2.13. The molecule has 0 aliphatic rings. The zero-order valence-corrected chi connectivity index (χ0v) is 13.2. The molecule has 124 valence electrons. The molecule has 0 heterocycles. The number of hydrogen-bond donors (Lipinski definition) is 3. The van der Waals surface area contributed by atoms with Crippen LogP contribution in [0.15, 0.2) is 24.3 Å². The highest BCUT2D eigenvalue weighted by atomic mass is 16.5. The van der Waals surface area contributed by atoms with Crippen LogP contribution >= 0.6 is 0 Å². The van der Waals surface area contributed by atoms with Crippen molar-refractivity contribution < 1.29 is 24.5 Å². The molecule has 0 amide bonds. The van der Waals surface area contributed by atoms with Gasteiger partial charge in [-0.05, 0) is 37.1 Å². The van der Waals surface area contributed by atoms with Gasteiger partial charge in [-0.25, -0.2) is 9.59 Å².